The maximum atomic E-state index is 12.0. The van der Waals surface area contributed by atoms with Gasteiger partial charge in [0, 0.05) is 51.5 Å². The zero-order valence-electron chi connectivity index (χ0n) is 15.9. The fourth-order valence-corrected chi connectivity index (χ4v) is 3.05. The number of nitrogens with zero attached hydrogens (tertiary/aromatic N) is 2. The highest BCUT2D eigenvalue weighted by atomic mass is 16.2. The second-order valence-electron chi connectivity index (χ2n) is 6.91. The number of amides is 3. The normalized spacial score (nSPS) is 13.6. The van der Waals surface area contributed by atoms with Crippen LogP contribution in [0.4, 0.5) is 16.2 Å². The number of carbonyl (C=O) groups excluding carboxylic acids is 2. The molecule has 0 radical (unpaired) electrons. The number of carbonyl (C=O) groups is 2. The van der Waals surface area contributed by atoms with Crippen molar-refractivity contribution < 1.29 is 9.59 Å². The van der Waals surface area contributed by atoms with Crippen molar-refractivity contribution in [2.45, 2.75) is 25.9 Å². The molecule has 2 aromatic rings. The van der Waals surface area contributed by atoms with Crippen molar-refractivity contribution in [3.05, 3.63) is 59.7 Å². The Labute approximate surface area is 160 Å². The summed E-state index contributed by atoms with van der Waals surface area (Å²) in [5.74, 6) is 0.180. The van der Waals surface area contributed by atoms with Gasteiger partial charge in [-0.1, -0.05) is 24.3 Å². The Kier molecular flexibility index (Phi) is 5.96. The maximum Gasteiger partial charge on any atom is 0.315 e. The van der Waals surface area contributed by atoms with Crippen LogP contribution in [0.25, 0.3) is 0 Å². The van der Waals surface area contributed by atoms with Crippen LogP contribution in [-0.4, -0.2) is 32.6 Å². The molecule has 1 heterocycles. The van der Waals surface area contributed by atoms with Crippen LogP contribution >= 0.6 is 0 Å². The Morgan fingerprint density at radius 2 is 1.52 bits per heavy atom. The summed E-state index contributed by atoms with van der Waals surface area (Å²) in [5.41, 5.74) is 4.10. The molecule has 1 saturated heterocycles. The van der Waals surface area contributed by atoms with Gasteiger partial charge in [0.15, 0.2) is 0 Å². The van der Waals surface area contributed by atoms with Gasteiger partial charge in [-0.15, -0.1) is 0 Å². The number of benzene rings is 2. The lowest BCUT2D eigenvalue weighted by atomic mass is 10.2. The number of hydrogen-bond acceptors (Lipinski definition) is 3. The summed E-state index contributed by atoms with van der Waals surface area (Å²) in [5, 5.41) is 5.72. The molecule has 0 saturated carbocycles. The molecule has 142 valence electrons. The van der Waals surface area contributed by atoms with Crippen molar-refractivity contribution in [3.63, 3.8) is 0 Å². The second-order valence-corrected chi connectivity index (χ2v) is 6.91. The summed E-state index contributed by atoms with van der Waals surface area (Å²) in [6, 6.07) is 15.6. The van der Waals surface area contributed by atoms with Crippen LogP contribution < -0.4 is 20.4 Å². The average molecular weight is 366 g/mol. The molecule has 0 unspecified atom stereocenters. The van der Waals surface area contributed by atoms with Crippen LogP contribution in [-0.2, 0) is 17.9 Å². The van der Waals surface area contributed by atoms with E-state index in [0.29, 0.717) is 19.5 Å². The molecule has 27 heavy (non-hydrogen) atoms. The second kappa shape index (κ2) is 8.58. The third-order valence-corrected chi connectivity index (χ3v) is 4.68. The summed E-state index contributed by atoms with van der Waals surface area (Å²) in [6.07, 6.45) is 1.54. The Hall–Kier alpha value is -3.02. The molecule has 2 aromatic carbocycles. The van der Waals surface area contributed by atoms with E-state index in [9.17, 15) is 9.59 Å². The average Bonchev–Trinajstić information content (AvgIpc) is 3.11. The van der Waals surface area contributed by atoms with Crippen LogP contribution in [0.1, 0.15) is 24.0 Å². The molecule has 1 fully saturated rings. The van der Waals surface area contributed by atoms with Crippen molar-refractivity contribution >= 4 is 23.3 Å². The van der Waals surface area contributed by atoms with E-state index in [4.69, 9.17) is 0 Å². The Morgan fingerprint density at radius 1 is 0.963 bits per heavy atom. The zero-order valence-corrected chi connectivity index (χ0v) is 15.9. The summed E-state index contributed by atoms with van der Waals surface area (Å²) in [6.45, 7) is 1.71. The van der Waals surface area contributed by atoms with Crippen LogP contribution in [0, 0.1) is 0 Å². The minimum Gasteiger partial charge on any atom is -0.378 e. The van der Waals surface area contributed by atoms with Gasteiger partial charge in [0.25, 0.3) is 0 Å². The Bertz CT molecular complexity index is 785. The molecule has 0 aromatic heterocycles. The zero-order chi connectivity index (χ0) is 19.2. The van der Waals surface area contributed by atoms with Crippen LogP contribution in [0.5, 0.6) is 0 Å². The molecule has 0 aliphatic carbocycles. The lowest BCUT2D eigenvalue weighted by molar-refractivity contribution is -0.117. The van der Waals surface area contributed by atoms with Gasteiger partial charge in [-0.25, -0.2) is 4.79 Å². The molecule has 1 aliphatic rings. The van der Waals surface area contributed by atoms with Crippen LogP contribution in [0.15, 0.2) is 48.5 Å². The van der Waals surface area contributed by atoms with E-state index in [-0.39, 0.29) is 11.9 Å². The fourth-order valence-electron chi connectivity index (χ4n) is 3.05. The van der Waals surface area contributed by atoms with E-state index in [1.54, 1.807) is 0 Å². The number of anilines is 2. The van der Waals surface area contributed by atoms with E-state index < -0.39 is 0 Å². The highest BCUT2D eigenvalue weighted by Crippen LogP contribution is 2.21. The molecule has 6 nitrogen and oxygen atoms in total. The molecular formula is C21H26N4O2. The number of urea groups is 1. The molecule has 1 aliphatic heterocycles. The van der Waals surface area contributed by atoms with Gasteiger partial charge in [0.1, 0.15) is 0 Å². The molecule has 6 heteroatoms. The largest absolute Gasteiger partial charge is 0.378 e. The lowest BCUT2D eigenvalue weighted by Crippen LogP contribution is -2.34. The third kappa shape index (κ3) is 5.00. The van der Waals surface area contributed by atoms with Crippen molar-refractivity contribution in [2.75, 3.05) is 30.4 Å². The minimum atomic E-state index is -0.203. The van der Waals surface area contributed by atoms with Crippen molar-refractivity contribution in [3.8, 4) is 0 Å². The van der Waals surface area contributed by atoms with Gasteiger partial charge in [-0.05, 0) is 41.8 Å². The predicted octanol–water partition coefficient (Wildman–Crippen LogP) is 2.88. The van der Waals surface area contributed by atoms with Gasteiger partial charge >= 0.3 is 6.03 Å². The predicted molar refractivity (Wildman–Crippen MR) is 108 cm³/mol. The lowest BCUT2D eigenvalue weighted by Gasteiger charge is -2.16. The third-order valence-electron chi connectivity index (χ3n) is 4.68. The highest BCUT2D eigenvalue weighted by molar-refractivity contribution is 5.95. The molecule has 2 N–H and O–H groups in total. The first-order chi connectivity index (χ1) is 13.0. The molecule has 0 atom stereocenters. The number of nitrogens with one attached hydrogen (secondary N) is 2. The van der Waals surface area contributed by atoms with E-state index in [2.05, 4.69) is 10.6 Å². The van der Waals surface area contributed by atoms with Gasteiger partial charge in [-0.3, -0.25) is 4.79 Å². The van der Waals surface area contributed by atoms with E-state index >= 15 is 0 Å². The van der Waals surface area contributed by atoms with Crippen molar-refractivity contribution in [2.24, 2.45) is 0 Å². The SMILES string of the molecule is CN(C)c1ccc(CNC(=O)NCc2ccc(N3CCCC3=O)cc2)cc1. The van der Waals surface area contributed by atoms with E-state index in [1.165, 1.54) is 0 Å². The summed E-state index contributed by atoms with van der Waals surface area (Å²) in [7, 11) is 3.99. The van der Waals surface area contributed by atoms with Gasteiger partial charge in [0.05, 0.1) is 0 Å². The summed E-state index contributed by atoms with van der Waals surface area (Å²) in [4.78, 5) is 27.6. The first-order valence-corrected chi connectivity index (χ1v) is 9.20. The molecular weight excluding hydrogens is 340 g/mol. The first-order valence-electron chi connectivity index (χ1n) is 9.20. The fraction of sp³-hybridized carbons (Fsp3) is 0.333. The molecule has 3 amide bonds. The van der Waals surface area contributed by atoms with Crippen LogP contribution in [0.2, 0.25) is 0 Å². The van der Waals surface area contributed by atoms with Crippen molar-refractivity contribution in [1.82, 2.24) is 10.6 Å². The number of rotatable bonds is 6. The molecule has 3 rings (SSSR count). The van der Waals surface area contributed by atoms with Gasteiger partial charge in [-0.2, -0.15) is 0 Å². The summed E-state index contributed by atoms with van der Waals surface area (Å²) >= 11 is 0. The van der Waals surface area contributed by atoms with Crippen LogP contribution in [0.3, 0.4) is 0 Å². The smallest absolute Gasteiger partial charge is 0.315 e. The first kappa shape index (κ1) is 18.8. The van der Waals surface area contributed by atoms with E-state index in [0.717, 1.165) is 35.5 Å². The Balaban J connectivity index is 1.44. The Morgan fingerprint density at radius 3 is 2.00 bits per heavy atom. The standard InChI is InChI=1S/C21H26N4O2/c1-24(2)18-9-5-16(6-10-18)14-22-21(27)23-15-17-7-11-19(12-8-17)25-13-3-4-20(25)26/h5-12H,3-4,13-15H2,1-2H3,(H2,22,23,27). The topological polar surface area (TPSA) is 64.7 Å². The minimum absolute atomic E-state index is 0.180. The van der Waals surface area contributed by atoms with E-state index in [1.807, 2.05) is 72.4 Å². The number of hydrogen-bond donors (Lipinski definition) is 2. The maximum absolute atomic E-state index is 12.0. The van der Waals surface area contributed by atoms with Gasteiger partial charge < -0.3 is 20.4 Å². The summed E-state index contributed by atoms with van der Waals surface area (Å²) < 4.78 is 0. The molecule has 0 spiro atoms. The van der Waals surface area contributed by atoms with Crippen molar-refractivity contribution in [1.29, 1.82) is 0 Å². The quantitative estimate of drug-likeness (QED) is 0.826. The monoisotopic (exact) mass is 366 g/mol. The highest BCUT2D eigenvalue weighted by Gasteiger charge is 2.21. The molecule has 0 bridgehead atoms. The van der Waals surface area contributed by atoms with Gasteiger partial charge in [0.2, 0.25) is 5.91 Å².